The van der Waals surface area contributed by atoms with Crippen molar-refractivity contribution < 1.29 is 9.13 Å². The van der Waals surface area contributed by atoms with Gasteiger partial charge in [-0.2, -0.15) is 0 Å². The van der Waals surface area contributed by atoms with Crippen LogP contribution < -0.4 is 15.4 Å². The van der Waals surface area contributed by atoms with E-state index in [9.17, 15) is 4.39 Å². The predicted octanol–water partition coefficient (Wildman–Crippen LogP) is 5.65. The van der Waals surface area contributed by atoms with Crippen LogP contribution in [0.1, 0.15) is 11.1 Å². The molecule has 0 spiro atoms. The molecule has 3 aromatic carbocycles. The maximum atomic E-state index is 13.2. The van der Waals surface area contributed by atoms with Crippen molar-refractivity contribution in [1.82, 2.24) is 10.3 Å². The Kier molecular flexibility index (Phi) is 5.81. The molecule has 1 aliphatic heterocycles. The Bertz CT molecular complexity index is 1220. The van der Waals surface area contributed by atoms with Crippen molar-refractivity contribution in [2.24, 2.45) is 0 Å². The van der Waals surface area contributed by atoms with E-state index in [1.165, 1.54) is 28.8 Å². The number of nitrogens with one attached hydrogen (secondary N) is 2. The van der Waals surface area contributed by atoms with Crippen molar-refractivity contribution in [2.75, 3.05) is 18.5 Å². The molecule has 4 nitrogen and oxygen atoms in total. The zero-order chi connectivity index (χ0) is 21.8. The van der Waals surface area contributed by atoms with Crippen LogP contribution in [-0.2, 0) is 13.1 Å². The van der Waals surface area contributed by atoms with Gasteiger partial charge in [0.2, 0.25) is 0 Å². The zero-order valence-electron chi connectivity index (χ0n) is 17.6. The molecule has 1 aliphatic rings. The van der Waals surface area contributed by atoms with Crippen molar-refractivity contribution in [3.8, 4) is 28.0 Å². The van der Waals surface area contributed by atoms with E-state index in [-0.39, 0.29) is 5.82 Å². The minimum Gasteiger partial charge on any atom is -0.492 e. The number of hydrogen-bond acceptors (Lipinski definition) is 4. The number of pyridine rings is 1. The molecule has 0 saturated carbocycles. The molecule has 32 heavy (non-hydrogen) atoms. The molecule has 2 N–H and O–H groups in total. The van der Waals surface area contributed by atoms with Gasteiger partial charge in [-0.15, -0.1) is 0 Å². The van der Waals surface area contributed by atoms with E-state index in [2.05, 4.69) is 45.9 Å². The fraction of sp³-hybridized carbons (Fsp3) is 0.148. The van der Waals surface area contributed by atoms with Gasteiger partial charge in [0.15, 0.2) is 0 Å². The molecule has 0 radical (unpaired) electrons. The number of anilines is 1. The average molecular weight is 426 g/mol. The number of aromatic nitrogens is 1. The molecular weight excluding hydrogens is 401 g/mol. The SMILES string of the molecule is Fc1ccc(-c2cncc(CNCCOc3cccc4c3-c3ccccc3NC4)c2)cc1. The van der Waals surface area contributed by atoms with Gasteiger partial charge < -0.3 is 15.4 Å². The van der Waals surface area contributed by atoms with E-state index in [1.807, 2.05) is 24.4 Å². The lowest BCUT2D eigenvalue weighted by molar-refractivity contribution is 0.314. The van der Waals surface area contributed by atoms with Crippen molar-refractivity contribution in [1.29, 1.82) is 0 Å². The highest BCUT2D eigenvalue weighted by Gasteiger charge is 2.19. The molecular formula is C27H24FN3O. The first-order valence-electron chi connectivity index (χ1n) is 10.8. The third-order valence-electron chi connectivity index (χ3n) is 5.62. The van der Waals surface area contributed by atoms with Crippen LogP contribution in [0.15, 0.2) is 85.2 Å². The molecule has 0 atom stereocenters. The third-order valence-corrected chi connectivity index (χ3v) is 5.62. The Balaban J connectivity index is 1.19. The summed E-state index contributed by atoms with van der Waals surface area (Å²) in [6.45, 7) is 2.77. The first-order chi connectivity index (χ1) is 15.8. The number of halogens is 1. The van der Waals surface area contributed by atoms with Gasteiger partial charge in [0.05, 0.1) is 0 Å². The van der Waals surface area contributed by atoms with Gasteiger partial charge in [0.1, 0.15) is 18.2 Å². The van der Waals surface area contributed by atoms with Gasteiger partial charge in [0.25, 0.3) is 0 Å². The third kappa shape index (κ3) is 4.34. The lowest BCUT2D eigenvalue weighted by Crippen LogP contribution is -2.21. The standard InChI is InChI=1S/C27H24FN3O/c28-23-10-8-20(9-11-23)22-14-19(16-30-17-22)15-29-12-13-32-26-7-3-4-21-18-31-25-6-2-1-5-24(25)27(21)26/h1-11,14,16-17,29,31H,12-13,15,18H2. The minimum absolute atomic E-state index is 0.237. The van der Waals surface area contributed by atoms with Crippen molar-refractivity contribution in [3.05, 3.63) is 102 Å². The van der Waals surface area contributed by atoms with Gasteiger partial charge in [-0.05, 0) is 47.0 Å². The Labute approximate surface area is 187 Å². The fourth-order valence-corrected chi connectivity index (χ4v) is 4.05. The number of fused-ring (bicyclic) bond motifs is 3. The first kappa shape index (κ1) is 20.2. The summed E-state index contributed by atoms with van der Waals surface area (Å²) in [6, 6.07) is 23.1. The lowest BCUT2D eigenvalue weighted by atomic mass is 9.94. The van der Waals surface area contributed by atoms with E-state index < -0.39 is 0 Å². The second kappa shape index (κ2) is 9.20. The Morgan fingerprint density at radius 1 is 0.938 bits per heavy atom. The normalized spacial score (nSPS) is 11.9. The Hall–Kier alpha value is -3.70. The molecule has 160 valence electrons. The van der Waals surface area contributed by atoms with Crippen LogP contribution in [0.25, 0.3) is 22.3 Å². The zero-order valence-corrected chi connectivity index (χ0v) is 17.6. The molecule has 5 rings (SSSR count). The minimum atomic E-state index is -0.237. The highest BCUT2D eigenvalue weighted by atomic mass is 19.1. The summed E-state index contributed by atoms with van der Waals surface area (Å²) in [5.74, 6) is 0.678. The molecule has 0 bridgehead atoms. The smallest absolute Gasteiger partial charge is 0.127 e. The topological polar surface area (TPSA) is 46.2 Å². The first-order valence-corrected chi connectivity index (χ1v) is 10.8. The van der Waals surface area contributed by atoms with Gasteiger partial charge in [-0.1, -0.05) is 42.5 Å². The summed E-state index contributed by atoms with van der Waals surface area (Å²) in [4.78, 5) is 4.33. The van der Waals surface area contributed by atoms with Crippen LogP contribution in [0.3, 0.4) is 0 Å². The quantitative estimate of drug-likeness (QED) is 0.376. The predicted molar refractivity (Wildman–Crippen MR) is 126 cm³/mol. The maximum Gasteiger partial charge on any atom is 0.127 e. The average Bonchev–Trinajstić information content (AvgIpc) is 2.84. The molecule has 5 heteroatoms. The second-order valence-corrected chi connectivity index (χ2v) is 7.80. The van der Waals surface area contributed by atoms with E-state index in [0.29, 0.717) is 19.7 Å². The van der Waals surface area contributed by atoms with Crippen molar-refractivity contribution in [3.63, 3.8) is 0 Å². The second-order valence-electron chi connectivity index (χ2n) is 7.80. The molecule has 0 saturated heterocycles. The molecule has 0 unspecified atom stereocenters. The highest BCUT2D eigenvalue weighted by Crippen LogP contribution is 2.41. The van der Waals surface area contributed by atoms with Crippen LogP contribution in [0.4, 0.5) is 10.1 Å². The molecule has 0 fully saturated rings. The number of para-hydroxylation sites is 1. The van der Waals surface area contributed by atoms with Crippen LogP contribution in [0.2, 0.25) is 0 Å². The summed E-state index contributed by atoms with van der Waals surface area (Å²) in [5, 5.41) is 6.89. The van der Waals surface area contributed by atoms with Crippen LogP contribution in [0, 0.1) is 5.82 Å². The largest absolute Gasteiger partial charge is 0.492 e. The summed E-state index contributed by atoms with van der Waals surface area (Å²) < 4.78 is 19.3. The van der Waals surface area contributed by atoms with Crippen LogP contribution in [0.5, 0.6) is 5.75 Å². The Morgan fingerprint density at radius 2 is 1.81 bits per heavy atom. The molecule has 2 heterocycles. The Morgan fingerprint density at radius 3 is 2.72 bits per heavy atom. The van der Waals surface area contributed by atoms with E-state index in [4.69, 9.17) is 4.74 Å². The van der Waals surface area contributed by atoms with E-state index in [0.717, 1.165) is 34.7 Å². The maximum absolute atomic E-state index is 13.2. The number of rotatable bonds is 7. The van der Waals surface area contributed by atoms with E-state index >= 15 is 0 Å². The lowest BCUT2D eigenvalue weighted by Gasteiger charge is -2.24. The number of nitrogens with zero attached hydrogens (tertiary/aromatic N) is 1. The summed E-state index contributed by atoms with van der Waals surface area (Å²) in [7, 11) is 0. The number of benzene rings is 3. The molecule has 4 aromatic rings. The van der Waals surface area contributed by atoms with Crippen molar-refractivity contribution in [2.45, 2.75) is 13.1 Å². The monoisotopic (exact) mass is 425 g/mol. The number of ether oxygens (including phenoxy) is 1. The highest BCUT2D eigenvalue weighted by molar-refractivity contribution is 5.86. The van der Waals surface area contributed by atoms with Crippen LogP contribution in [-0.4, -0.2) is 18.1 Å². The number of hydrogen-bond donors (Lipinski definition) is 2. The van der Waals surface area contributed by atoms with E-state index in [1.54, 1.807) is 18.3 Å². The van der Waals surface area contributed by atoms with Gasteiger partial charge >= 0.3 is 0 Å². The summed E-state index contributed by atoms with van der Waals surface area (Å²) >= 11 is 0. The molecule has 0 aliphatic carbocycles. The summed E-state index contributed by atoms with van der Waals surface area (Å²) in [6.07, 6.45) is 3.64. The van der Waals surface area contributed by atoms with Gasteiger partial charge in [-0.3, -0.25) is 4.98 Å². The van der Waals surface area contributed by atoms with Crippen LogP contribution >= 0.6 is 0 Å². The molecule has 0 amide bonds. The van der Waals surface area contributed by atoms with Crippen molar-refractivity contribution >= 4 is 5.69 Å². The van der Waals surface area contributed by atoms with Gasteiger partial charge in [0, 0.05) is 54.4 Å². The fourth-order valence-electron chi connectivity index (χ4n) is 4.05. The summed E-state index contributed by atoms with van der Waals surface area (Å²) in [5.41, 5.74) is 7.75. The molecule has 1 aromatic heterocycles. The van der Waals surface area contributed by atoms with Gasteiger partial charge in [-0.25, -0.2) is 4.39 Å².